The Morgan fingerprint density at radius 2 is 1.80 bits per heavy atom. The fraction of sp³-hybridized carbons (Fsp3) is 0.0625. The number of rotatable bonds is 3. The van der Waals surface area contributed by atoms with Gasteiger partial charge in [-0.3, -0.25) is 0 Å². The minimum Gasteiger partial charge on any atom is -0.382 e. The number of benzene rings is 2. The summed E-state index contributed by atoms with van der Waals surface area (Å²) in [5.74, 6) is 0. The van der Waals surface area contributed by atoms with E-state index < -0.39 is 6.10 Å². The van der Waals surface area contributed by atoms with Gasteiger partial charge in [-0.25, -0.2) is 4.68 Å². The van der Waals surface area contributed by atoms with Crippen LogP contribution in [-0.4, -0.2) is 14.9 Å². The van der Waals surface area contributed by atoms with Crippen molar-refractivity contribution in [1.82, 2.24) is 9.78 Å². The van der Waals surface area contributed by atoms with Crippen LogP contribution in [0.5, 0.6) is 0 Å². The average Bonchev–Trinajstić information content (AvgIpc) is 2.97. The van der Waals surface area contributed by atoms with Gasteiger partial charge in [0.15, 0.2) is 0 Å². The zero-order valence-corrected chi connectivity index (χ0v) is 12.8. The lowest BCUT2D eigenvalue weighted by Crippen LogP contribution is -2.08. The van der Waals surface area contributed by atoms with E-state index in [4.69, 9.17) is 0 Å². The fourth-order valence-corrected chi connectivity index (χ4v) is 2.72. The van der Waals surface area contributed by atoms with Crippen molar-refractivity contribution in [3.63, 3.8) is 0 Å². The number of aromatic nitrogens is 2. The van der Waals surface area contributed by atoms with Crippen molar-refractivity contribution in [2.45, 2.75) is 6.10 Å². The number of halogens is 1. The molecule has 1 atom stereocenters. The van der Waals surface area contributed by atoms with Gasteiger partial charge < -0.3 is 5.11 Å². The van der Waals surface area contributed by atoms with Crippen molar-refractivity contribution in [3.05, 3.63) is 81.7 Å². The zero-order valence-electron chi connectivity index (χ0n) is 10.6. The van der Waals surface area contributed by atoms with Crippen LogP contribution in [-0.2, 0) is 0 Å². The van der Waals surface area contributed by atoms with Crippen molar-refractivity contribution >= 4 is 22.6 Å². The Hall–Kier alpha value is -1.66. The Balaban J connectivity index is 2.02. The largest absolute Gasteiger partial charge is 0.382 e. The third-order valence-electron chi connectivity index (χ3n) is 3.12. The van der Waals surface area contributed by atoms with E-state index in [2.05, 4.69) is 27.7 Å². The predicted molar refractivity (Wildman–Crippen MR) is 86.8 cm³/mol. The molecular formula is C16H13IN2O. The Kier molecular flexibility index (Phi) is 3.84. The van der Waals surface area contributed by atoms with Crippen LogP contribution in [0, 0.1) is 3.57 Å². The second-order valence-corrected chi connectivity index (χ2v) is 5.71. The van der Waals surface area contributed by atoms with E-state index in [0.29, 0.717) is 0 Å². The standard InChI is InChI=1S/C16H13IN2O/c17-13-6-4-5-12(11-13)16(20)15-9-10-18-19(15)14-7-2-1-3-8-14/h1-11,16,20H. The Bertz CT molecular complexity index is 709. The van der Waals surface area contributed by atoms with Gasteiger partial charge in [0, 0.05) is 9.77 Å². The van der Waals surface area contributed by atoms with Crippen LogP contribution in [0.2, 0.25) is 0 Å². The summed E-state index contributed by atoms with van der Waals surface area (Å²) >= 11 is 2.24. The minimum atomic E-state index is -0.688. The third-order valence-corrected chi connectivity index (χ3v) is 3.79. The molecule has 100 valence electrons. The third kappa shape index (κ3) is 2.62. The Labute approximate surface area is 131 Å². The van der Waals surface area contributed by atoms with E-state index >= 15 is 0 Å². The maximum Gasteiger partial charge on any atom is 0.121 e. The maximum atomic E-state index is 10.6. The molecule has 1 aromatic heterocycles. The van der Waals surface area contributed by atoms with E-state index in [9.17, 15) is 5.11 Å². The lowest BCUT2D eigenvalue weighted by Gasteiger charge is -2.14. The minimum absolute atomic E-state index is 0.688. The van der Waals surface area contributed by atoms with Gasteiger partial charge in [-0.15, -0.1) is 0 Å². The van der Waals surface area contributed by atoms with Crippen molar-refractivity contribution in [1.29, 1.82) is 0 Å². The molecule has 3 nitrogen and oxygen atoms in total. The number of hydrogen-bond donors (Lipinski definition) is 1. The van der Waals surface area contributed by atoms with E-state index in [1.54, 1.807) is 10.9 Å². The van der Waals surface area contributed by atoms with E-state index in [0.717, 1.165) is 20.5 Å². The SMILES string of the molecule is OC(c1cccc(I)c1)c1ccnn1-c1ccccc1. The molecule has 0 bridgehead atoms. The lowest BCUT2D eigenvalue weighted by atomic mass is 10.1. The quantitative estimate of drug-likeness (QED) is 0.710. The second-order valence-electron chi connectivity index (χ2n) is 4.46. The molecule has 0 aliphatic heterocycles. The average molecular weight is 376 g/mol. The number of para-hydroxylation sites is 1. The summed E-state index contributed by atoms with van der Waals surface area (Å²) in [4.78, 5) is 0. The number of aliphatic hydroxyl groups is 1. The monoisotopic (exact) mass is 376 g/mol. The molecule has 1 N–H and O–H groups in total. The first kappa shape index (κ1) is 13.3. The van der Waals surface area contributed by atoms with Crippen molar-refractivity contribution in [2.24, 2.45) is 0 Å². The molecule has 2 aromatic carbocycles. The molecule has 1 unspecified atom stereocenters. The summed E-state index contributed by atoms with van der Waals surface area (Å²) in [5.41, 5.74) is 2.57. The van der Waals surface area contributed by atoms with Crippen LogP contribution < -0.4 is 0 Å². The lowest BCUT2D eigenvalue weighted by molar-refractivity contribution is 0.212. The van der Waals surface area contributed by atoms with Crippen LogP contribution in [0.15, 0.2) is 66.9 Å². The normalized spacial score (nSPS) is 12.3. The molecule has 0 saturated carbocycles. The number of nitrogens with zero attached hydrogens (tertiary/aromatic N) is 2. The molecule has 0 aliphatic carbocycles. The van der Waals surface area contributed by atoms with Crippen molar-refractivity contribution in [2.75, 3.05) is 0 Å². The Morgan fingerprint density at radius 1 is 1.00 bits per heavy atom. The molecule has 0 saturated heterocycles. The van der Waals surface area contributed by atoms with Gasteiger partial charge in [0.2, 0.25) is 0 Å². The highest BCUT2D eigenvalue weighted by Gasteiger charge is 2.16. The van der Waals surface area contributed by atoms with Gasteiger partial charge in [0.1, 0.15) is 6.10 Å². The molecular weight excluding hydrogens is 363 g/mol. The first-order valence-corrected chi connectivity index (χ1v) is 7.36. The summed E-state index contributed by atoms with van der Waals surface area (Å²) in [7, 11) is 0. The highest BCUT2D eigenvalue weighted by Crippen LogP contribution is 2.24. The Morgan fingerprint density at radius 3 is 2.55 bits per heavy atom. The first-order chi connectivity index (χ1) is 9.75. The molecule has 20 heavy (non-hydrogen) atoms. The molecule has 0 amide bonds. The summed E-state index contributed by atoms with van der Waals surface area (Å²) in [6.07, 6.45) is 1.02. The van der Waals surface area contributed by atoms with Gasteiger partial charge in [0.05, 0.1) is 11.4 Å². The summed E-state index contributed by atoms with van der Waals surface area (Å²) in [6.45, 7) is 0. The van der Waals surface area contributed by atoms with Crippen LogP contribution in [0.3, 0.4) is 0 Å². The van der Waals surface area contributed by atoms with E-state index in [1.165, 1.54) is 0 Å². The molecule has 4 heteroatoms. The molecule has 3 aromatic rings. The highest BCUT2D eigenvalue weighted by atomic mass is 127. The maximum absolute atomic E-state index is 10.6. The number of hydrogen-bond acceptors (Lipinski definition) is 2. The van der Waals surface area contributed by atoms with Gasteiger partial charge in [0.25, 0.3) is 0 Å². The molecule has 1 heterocycles. The van der Waals surface area contributed by atoms with Crippen LogP contribution in [0.4, 0.5) is 0 Å². The second kappa shape index (κ2) is 5.76. The van der Waals surface area contributed by atoms with Crippen molar-refractivity contribution < 1.29 is 5.11 Å². The molecule has 0 aliphatic rings. The van der Waals surface area contributed by atoms with Gasteiger partial charge in [-0.2, -0.15) is 5.10 Å². The molecule has 0 fully saturated rings. The first-order valence-electron chi connectivity index (χ1n) is 6.28. The smallest absolute Gasteiger partial charge is 0.121 e. The summed E-state index contributed by atoms with van der Waals surface area (Å²) in [6, 6.07) is 19.5. The van der Waals surface area contributed by atoms with Crippen LogP contribution >= 0.6 is 22.6 Å². The summed E-state index contributed by atoms with van der Waals surface area (Å²) < 4.78 is 2.87. The van der Waals surface area contributed by atoms with Crippen LogP contribution in [0.1, 0.15) is 17.4 Å². The van der Waals surface area contributed by atoms with E-state index in [-0.39, 0.29) is 0 Å². The zero-order chi connectivity index (χ0) is 13.9. The molecule has 0 spiro atoms. The molecule has 0 radical (unpaired) electrons. The number of aliphatic hydroxyl groups excluding tert-OH is 1. The van der Waals surface area contributed by atoms with Gasteiger partial charge >= 0.3 is 0 Å². The van der Waals surface area contributed by atoms with Gasteiger partial charge in [-0.1, -0.05) is 30.3 Å². The summed E-state index contributed by atoms with van der Waals surface area (Å²) in [5, 5.41) is 14.9. The predicted octanol–water partition coefficient (Wildman–Crippen LogP) is 3.56. The topological polar surface area (TPSA) is 38.1 Å². The van der Waals surface area contributed by atoms with E-state index in [1.807, 2.05) is 60.7 Å². The van der Waals surface area contributed by atoms with Gasteiger partial charge in [-0.05, 0) is 58.5 Å². The van der Waals surface area contributed by atoms with Crippen LogP contribution in [0.25, 0.3) is 5.69 Å². The fourth-order valence-electron chi connectivity index (χ4n) is 2.15. The highest BCUT2D eigenvalue weighted by molar-refractivity contribution is 14.1. The molecule has 3 rings (SSSR count). The van der Waals surface area contributed by atoms with Crippen molar-refractivity contribution in [3.8, 4) is 5.69 Å².